The number of rotatable bonds is 6. The first kappa shape index (κ1) is 24.2. The van der Waals surface area contributed by atoms with E-state index in [-0.39, 0.29) is 30.9 Å². The number of aromatic nitrogens is 3. The smallest absolute Gasteiger partial charge is 0.410 e. The molecule has 1 aliphatic heterocycles. The van der Waals surface area contributed by atoms with E-state index in [1.165, 1.54) is 22.4 Å². The van der Waals surface area contributed by atoms with Gasteiger partial charge in [0.25, 0.3) is 5.91 Å². The number of aromatic amines is 1. The third-order valence-electron chi connectivity index (χ3n) is 5.62. The van der Waals surface area contributed by atoms with Crippen LogP contribution < -0.4 is 10.6 Å². The number of thiazole rings is 1. The second kappa shape index (κ2) is 10.2. The van der Waals surface area contributed by atoms with Crippen LogP contribution in [0.15, 0.2) is 60.4 Å². The van der Waals surface area contributed by atoms with E-state index in [0.717, 1.165) is 5.69 Å². The molecule has 0 bridgehead atoms. The van der Waals surface area contributed by atoms with Crippen LogP contribution in [0.4, 0.5) is 22.0 Å². The first-order valence-electron chi connectivity index (χ1n) is 11.6. The maximum Gasteiger partial charge on any atom is 0.410 e. The second-order valence-electron chi connectivity index (χ2n) is 8.68. The fourth-order valence-corrected chi connectivity index (χ4v) is 4.57. The molecule has 37 heavy (non-hydrogen) atoms. The van der Waals surface area contributed by atoms with Crippen LogP contribution in [0.25, 0.3) is 11.3 Å². The van der Waals surface area contributed by atoms with Crippen molar-refractivity contribution in [2.24, 2.45) is 0 Å². The highest BCUT2D eigenvalue weighted by Crippen LogP contribution is 2.38. The summed E-state index contributed by atoms with van der Waals surface area (Å²) in [7, 11) is 0. The van der Waals surface area contributed by atoms with Gasteiger partial charge in [-0.25, -0.2) is 9.78 Å². The van der Waals surface area contributed by atoms with Crippen LogP contribution in [-0.4, -0.2) is 50.3 Å². The molecule has 2 amide bonds. The summed E-state index contributed by atoms with van der Waals surface area (Å²) in [5.41, 5.74) is 5.39. The van der Waals surface area contributed by atoms with Gasteiger partial charge < -0.3 is 20.4 Å². The van der Waals surface area contributed by atoms with Crippen LogP contribution in [0, 0.1) is 0 Å². The predicted octanol–water partition coefficient (Wildman–Crippen LogP) is 5.07. The van der Waals surface area contributed by atoms with Crippen molar-refractivity contribution in [3.05, 3.63) is 76.5 Å². The number of amides is 2. The highest BCUT2D eigenvalue weighted by molar-refractivity contribution is 7.11. The highest BCUT2D eigenvalue weighted by atomic mass is 32.1. The van der Waals surface area contributed by atoms with Gasteiger partial charge in [0.2, 0.25) is 0 Å². The normalized spacial score (nSPS) is 12.8. The van der Waals surface area contributed by atoms with Crippen molar-refractivity contribution in [2.45, 2.75) is 26.5 Å². The van der Waals surface area contributed by atoms with Gasteiger partial charge in [-0.05, 0) is 38.1 Å². The molecular weight excluding hydrogens is 492 g/mol. The number of nitrogens with zero attached hydrogens (tertiary/aromatic N) is 3. The third kappa shape index (κ3) is 5.21. The number of anilines is 3. The van der Waals surface area contributed by atoms with Gasteiger partial charge in [-0.1, -0.05) is 18.2 Å². The van der Waals surface area contributed by atoms with Crippen LogP contribution >= 0.6 is 11.3 Å². The number of ether oxygens (including phenoxy) is 1. The Morgan fingerprint density at radius 3 is 2.70 bits per heavy atom. The number of nitrogens with one attached hydrogen (secondary N) is 3. The molecule has 0 aliphatic carbocycles. The number of carbonyl (C=O) groups excluding carboxylic acids is 3. The maximum absolute atomic E-state index is 13.3. The fourth-order valence-electron chi connectivity index (χ4n) is 4.05. The largest absolute Gasteiger partial charge is 0.447 e. The molecule has 3 aromatic heterocycles. The van der Waals surface area contributed by atoms with Crippen molar-refractivity contribution in [1.29, 1.82) is 0 Å². The van der Waals surface area contributed by atoms with Crippen LogP contribution in [-0.2, 0) is 11.3 Å². The van der Waals surface area contributed by atoms with Crippen LogP contribution in [0.5, 0.6) is 0 Å². The van der Waals surface area contributed by atoms with Gasteiger partial charge in [-0.15, -0.1) is 11.3 Å². The number of fused-ring (bicyclic) bond motifs is 1. The molecule has 0 radical (unpaired) electrons. The SMILES string of the molecule is CC(C)OC(=O)N1CC(=O)c2c([nH]c(-c3ccnc(NC(=O)c4cncs4)c3)c2Nc2ccccc2)C1. The van der Waals surface area contributed by atoms with Crippen LogP contribution in [0.2, 0.25) is 0 Å². The lowest BCUT2D eigenvalue weighted by Crippen LogP contribution is -2.40. The Morgan fingerprint density at radius 1 is 1.16 bits per heavy atom. The molecule has 0 fully saturated rings. The summed E-state index contributed by atoms with van der Waals surface area (Å²) in [6.45, 7) is 3.62. The topological polar surface area (TPSA) is 129 Å². The Kier molecular flexibility index (Phi) is 6.69. The van der Waals surface area contributed by atoms with Crippen molar-refractivity contribution in [3.63, 3.8) is 0 Å². The molecule has 188 valence electrons. The van der Waals surface area contributed by atoms with E-state index < -0.39 is 6.09 Å². The minimum atomic E-state index is -0.542. The molecule has 1 aromatic carbocycles. The van der Waals surface area contributed by atoms with Gasteiger partial charge in [0.15, 0.2) is 5.78 Å². The molecule has 1 aliphatic rings. The maximum atomic E-state index is 13.3. The molecule has 3 N–H and O–H groups in total. The molecule has 0 atom stereocenters. The zero-order valence-corrected chi connectivity index (χ0v) is 21.0. The second-order valence-corrected chi connectivity index (χ2v) is 9.57. The zero-order chi connectivity index (χ0) is 25.9. The van der Waals surface area contributed by atoms with Gasteiger partial charge in [-0.2, -0.15) is 0 Å². The minimum absolute atomic E-state index is 0.0915. The number of pyridine rings is 1. The van der Waals surface area contributed by atoms with Gasteiger partial charge in [0.05, 0.1) is 47.8 Å². The molecule has 11 heteroatoms. The van der Waals surface area contributed by atoms with E-state index in [1.807, 2.05) is 30.3 Å². The lowest BCUT2D eigenvalue weighted by Gasteiger charge is -2.26. The molecular formula is C26H24N6O4S. The molecule has 0 spiro atoms. The van der Waals surface area contributed by atoms with Crippen molar-refractivity contribution in [2.75, 3.05) is 17.2 Å². The number of para-hydroxylation sites is 1. The Morgan fingerprint density at radius 2 is 1.97 bits per heavy atom. The van der Waals surface area contributed by atoms with Gasteiger partial charge in [0.1, 0.15) is 10.7 Å². The summed E-state index contributed by atoms with van der Waals surface area (Å²) in [5, 5.41) is 6.15. The average Bonchev–Trinajstić information content (AvgIpc) is 3.53. The Hall–Kier alpha value is -4.51. The van der Waals surface area contributed by atoms with Crippen molar-refractivity contribution < 1.29 is 19.1 Å². The molecule has 0 saturated carbocycles. The van der Waals surface area contributed by atoms with E-state index in [4.69, 9.17) is 4.74 Å². The first-order chi connectivity index (χ1) is 17.9. The Balaban J connectivity index is 1.52. The quantitative estimate of drug-likeness (QED) is 0.326. The van der Waals surface area contributed by atoms with Crippen molar-refractivity contribution in [1.82, 2.24) is 19.9 Å². The van der Waals surface area contributed by atoms with Crippen LogP contribution in [0.1, 0.15) is 39.6 Å². The molecule has 10 nitrogen and oxygen atoms in total. The van der Waals surface area contributed by atoms with E-state index >= 15 is 0 Å². The number of carbonyl (C=O) groups is 3. The van der Waals surface area contributed by atoms with Gasteiger partial charge >= 0.3 is 6.09 Å². The highest BCUT2D eigenvalue weighted by Gasteiger charge is 2.33. The summed E-state index contributed by atoms with van der Waals surface area (Å²) in [6.07, 6.45) is 2.23. The van der Waals surface area contributed by atoms with E-state index in [1.54, 1.807) is 37.7 Å². The lowest BCUT2D eigenvalue weighted by molar-refractivity contribution is 0.0647. The Bertz CT molecular complexity index is 1450. The minimum Gasteiger partial charge on any atom is -0.447 e. The fraction of sp³-hybridized carbons (Fsp3) is 0.192. The number of hydrogen-bond donors (Lipinski definition) is 3. The van der Waals surface area contributed by atoms with Gasteiger partial charge in [0, 0.05) is 23.1 Å². The number of hydrogen-bond acceptors (Lipinski definition) is 8. The number of benzene rings is 1. The predicted molar refractivity (Wildman–Crippen MR) is 140 cm³/mol. The monoisotopic (exact) mass is 516 g/mol. The van der Waals surface area contributed by atoms with Crippen LogP contribution in [0.3, 0.4) is 0 Å². The lowest BCUT2D eigenvalue weighted by atomic mass is 10.0. The molecule has 5 rings (SSSR count). The van der Waals surface area contributed by atoms with E-state index in [9.17, 15) is 14.4 Å². The number of H-pyrrole nitrogens is 1. The van der Waals surface area contributed by atoms with Gasteiger partial charge in [-0.3, -0.25) is 19.5 Å². The summed E-state index contributed by atoms with van der Waals surface area (Å²) >= 11 is 1.23. The summed E-state index contributed by atoms with van der Waals surface area (Å²) < 4.78 is 5.31. The number of ketones is 1. The van der Waals surface area contributed by atoms with Crippen molar-refractivity contribution >= 4 is 46.3 Å². The molecule has 4 aromatic rings. The molecule has 4 heterocycles. The zero-order valence-electron chi connectivity index (χ0n) is 20.1. The van der Waals surface area contributed by atoms with E-state index in [0.29, 0.717) is 38.9 Å². The molecule has 0 saturated heterocycles. The van der Waals surface area contributed by atoms with Crippen molar-refractivity contribution in [3.8, 4) is 11.3 Å². The summed E-state index contributed by atoms with van der Waals surface area (Å²) in [5.74, 6) is -0.173. The Labute approximate surface area is 216 Å². The number of Topliss-reactive ketones (excluding diaryl/α,β-unsaturated/α-hetero) is 1. The molecule has 0 unspecified atom stereocenters. The first-order valence-corrected chi connectivity index (χ1v) is 12.5. The summed E-state index contributed by atoms with van der Waals surface area (Å²) in [4.78, 5) is 51.7. The third-order valence-corrected chi connectivity index (χ3v) is 6.40. The summed E-state index contributed by atoms with van der Waals surface area (Å²) in [6, 6.07) is 13.0. The standard InChI is InChI=1S/C26H24N6O4S/c1-15(2)36-26(35)32-12-18-22(19(33)13-32)24(29-17-6-4-3-5-7-17)23(30-18)16-8-9-28-21(10-16)31-25(34)20-11-27-14-37-20/h3-11,14-15,29-30H,12-13H2,1-2H3,(H,28,31,34). The van der Waals surface area contributed by atoms with E-state index in [2.05, 4.69) is 25.6 Å². The average molecular weight is 517 g/mol.